The average molecular weight is 401 g/mol. The lowest BCUT2D eigenvalue weighted by molar-refractivity contribution is 0.0954. The maximum absolute atomic E-state index is 12.1. The summed E-state index contributed by atoms with van der Waals surface area (Å²) in [7, 11) is 2.17. The first-order valence-corrected chi connectivity index (χ1v) is 10.1. The zero-order chi connectivity index (χ0) is 19.0. The molecule has 1 amide bonds. The predicted molar refractivity (Wildman–Crippen MR) is 109 cm³/mol. The molecule has 1 unspecified atom stereocenters. The zero-order valence-electron chi connectivity index (χ0n) is 15.3. The van der Waals surface area contributed by atoms with Gasteiger partial charge in [0.2, 0.25) is 0 Å². The van der Waals surface area contributed by atoms with Crippen LogP contribution in [0.5, 0.6) is 0 Å². The van der Waals surface area contributed by atoms with Gasteiger partial charge >= 0.3 is 0 Å². The number of amides is 1. The molecule has 0 bridgehead atoms. The fourth-order valence-corrected chi connectivity index (χ4v) is 4.35. The summed E-state index contributed by atoms with van der Waals surface area (Å²) in [4.78, 5) is 19.5. The second-order valence-corrected chi connectivity index (χ2v) is 8.56. The van der Waals surface area contributed by atoms with E-state index in [1.165, 1.54) is 22.5 Å². The van der Waals surface area contributed by atoms with Gasteiger partial charge in [0.15, 0.2) is 0 Å². The number of fused-ring (bicyclic) bond motifs is 1. The van der Waals surface area contributed by atoms with E-state index in [1.807, 2.05) is 10.8 Å². The Morgan fingerprint density at radius 1 is 1.37 bits per heavy atom. The number of carbonyl (C=O) groups is 1. The Morgan fingerprint density at radius 3 is 3.00 bits per heavy atom. The number of thiophene rings is 1. The highest BCUT2D eigenvalue weighted by Crippen LogP contribution is 2.29. The quantitative estimate of drug-likeness (QED) is 0.718. The fraction of sp³-hybridized carbons (Fsp3) is 0.300. The maximum Gasteiger partial charge on any atom is 0.261 e. The molecule has 1 aromatic carbocycles. The Kier molecular flexibility index (Phi) is 5.04. The lowest BCUT2D eigenvalue weighted by Gasteiger charge is -2.32. The number of imidazole rings is 1. The largest absolute Gasteiger partial charge is 0.346 e. The molecular weight excluding hydrogens is 380 g/mol. The van der Waals surface area contributed by atoms with Crippen LogP contribution in [0.25, 0.3) is 5.69 Å². The average Bonchev–Trinajstić information content (AvgIpc) is 3.32. The molecule has 140 valence electrons. The monoisotopic (exact) mass is 400 g/mol. The summed E-state index contributed by atoms with van der Waals surface area (Å²) in [6, 6.07) is 10.5. The Balaban J connectivity index is 1.46. The summed E-state index contributed by atoms with van der Waals surface area (Å²) in [6.45, 7) is 3.70. The van der Waals surface area contributed by atoms with Crippen molar-refractivity contribution in [2.75, 3.05) is 13.6 Å². The van der Waals surface area contributed by atoms with Gasteiger partial charge in [-0.2, -0.15) is 0 Å². The number of likely N-dealkylation sites (N-methyl/N-ethyl adjacent to an activating group) is 1. The first-order chi connectivity index (χ1) is 13.0. The Bertz CT molecular complexity index is 980. The molecule has 2 aromatic heterocycles. The number of nitrogens with zero attached hydrogens (tertiary/aromatic N) is 3. The summed E-state index contributed by atoms with van der Waals surface area (Å²) in [5.41, 5.74) is 4.71. The molecule has 0 aliphatic carbocycles. The van der Waals surface area contributed by atoms with Crippen LogP contribution in [0, 0.1) is 0 Å². The van der Waals surface area contributed by atoms with Crippen molar-refractivity contribution in [2.24, 2.45) is 0 Å². The zero-order valence-corrected chi connectivity index (χ0v) is 16.8. The van der Waals surface area contributed by atoms with Crippen molar-refractivity contribution in [3.8, 4) is 5.69 Å². The second kappa shape index (κ2) is 7.46. The van der Waals surface area contributed by atoms with Crippen LogP contribution in [0.1, 0.15) is 39.5 Å². The Morgan fingerprint density at radius 2 is 2.22 bits per heavy atom. The van der Waals surface area contributed by atoms with Crippen molar-refractivity contribution in [2.45, 2.75) is 25.9 Å². The number of hydrogen-bond acceptors (Lipinski definition) is 4. The van der Waals surface area contributed by atoms with Crippen molar-refractivity contribution in [3.63, 3.8) is 0 Å². The number of halogens is 1. The smallest absolute Gasteiger partial charge is 0.261 e. The predicted octanol–water partition coefficient (Wildman–Crippen LogP) is 4.07. The lowest BCUT2D eigenvalue weighted by atomic mass is 9.93. The topological polar surface area (TPSA) is 50.2 Å². The number of carbonyl (C=O) groups excluding carboxylic acids is 1. The molecule has 1 N–H and O–H groups in total. The molecule has 0 saturated heterocycles. The normalized spacial score (nSPS) is 16.9. The van der Waals surface area contributed by atoms with Gasteiger partial charge < -0.3 is 9.88 Å². The van der Waals surface area contributed by atoms with Gasteiger partial charge in [-0.25, -0.2) is 4.98 Å². The molecule has 3 aromatic rings. The fourth-order valence-electron chi connectivity index (χ4n) is 3.40. The minimum absolute atomic E-state index is 0.131. The van der Waals surface area contributed by atoms with E-state index in [0.717, 1.165) is 24.3 Å². The van der Waals surface area contributed by atoms with Crippen LogP contribution >= 0.6 is 22.9 Å². The van der Waals surface area contributed by atoms with Gasteiger partial charge in [-0.05, 0) is 55.8 Å². The number of benzene rings is 1. The third-order valence-electron chi connectivity index (χ3n) is 5.13. The summed E-state index contributed by atoms with van der Waals surface area (Å²) in [5.74, 6) is -0.131. The third kappa shape index (κ3) is 3.78. The molecule has 5 nitrogen and oxygen atoms in total. The number of hydrogen-bond donors (Lipinski definition) is 1. The van der Waals surface area contributed by atoms with Crippen LogP contribution < -0.4 is 5.32 Å². The number of nitrogens with one attached hydrogen (secondary N) is 1. The van der Waals surface area contributed by atoms with E-state index in [9.17, 15) is 4.79 Å². The van der Waals surface area contributed by atoms with E-state index in [-0.39, 0.29) is 5.91 Å². The van der Waals surface area contributed by atoms with Gasteiger partial charge in [0, 0.05) is 24.5 Å². The number of aromatic nitrogens is 2. The van der Waals surface area contributed by atoms with Gasteiger partial charge in [-0.15, -0.1) is 11.3 Å². The molecule has 3 heterocycles. The Hall–Kier alpha value is -2.15. The van der Waals surface area contributed by atoms with Crippen molar-refractivity contribution in [1.82, 2.24) is 19.8 Å². The highest BCUT2D eigenvalue weighted by atomic mass is 35.5. The van der Waals surface area contributed by atoms with Crippen LogP contribution in [0.15, 0.2) is 42.9 Å². The van der Waals surface area contributed by atoms with Crippen LogP contribution in [0.3, 0.4) is 0 Å². The highest BCUT2D eigenvalue weighted by Gasteiger charge is 2.21. The van der Waals surface area contributed by atoms with E-state index >= 15 is 0 Å². The number of rotatable bonds is 4. The molecule has 7 heteroatoms. The maximum atomic E-state index is 12.1. The van der Waals surface area contributed by atoms with E-state index in [4.69, 9.17) is 11.6 Å². The van der Waals surface area contributed by atoms with Crippen molar-refractivity contribution in [1.29, 1.82) is 0 Å². The highest BCUT2D eigenvalue weighted by molar-refractivity contribution is 7.17. The van der Waals surface area contributed by atoms with E-state index in [0.29, 0.717) is 21.8 Å². The molecule has 1 aliphatic rings. The van der Waals surface area contributed by atoms with E-state index in [2.05, 4.69) is 47.4 Å². The van der Waals surface area contributed by atoms with Gasteiger partial charge in [0.05, 0.1) is 27.8 Å². The van der Waals surface area contributed by atoms with E-state index in [1.54, 1.807) is 18.5 Å². The van der Waals surface area contributed by atoms with Gasteiger partial charge in [0.1, 0.15) is 0 Å². The summed E-state index contributed by atoms with van der Waals surface area (Å²) >= 11 is 7.15. The SMILES string of the molecule is CC1c2ccc(-n3cnc(CNC(=O)c4ccc(Cl)s4)c3)cc2CCN1C. The Labute approximate surface area is 167 Å². The van der Waals surface area contributed by atoms with Crippen LogP contribution in [0.4, 0.5) is 0 Å². The third-order valence-corrected chi connectivity index (χ3v) is 6.36. The van der Waals surface area contributed by atoms with Gasteiger partial charge in [-0.1, -0.05) is 17.7 Å². The van der Waals surface area contributed by atoms with Crippen molar-refractivity contribution in [3.05, 3.63) is 68.9 Å². The molecule has 0 saturated carbocycles. The molecule has 1 aliphatic heterocycles. The van der Waals surface area contributed by atoms with Crippen LogP contribution in [-0.4, -0.2) is 34.0 Å². The van der Waals surface area contributed by atoms with Gasteiger partial charge in [-0.3, -0.25) is 9.69 Å². The van der Waals surface area contributed by atoms with Gasteiger partial charge in [0.25, 0.3) is 5.91 Å². The molecule has 0 fully saturated rings. The van der Waals surface area contributed by atoms with Crippen molar-refractivity contribution >= 4 is 28.8 Å². The molecular formula is C20H21ClN4OS. The minimum atomic E-state index is -0.131. The minimum Gasteiger partial charge on any atom is -0.346 e. The lowest BCUT2D eigenvalue weighted by Crippen LogP contribution is -2.30. The first kappa shape index (κ1) is 18.2. The first-order valence-electron chi connectivity index (χ1n) is 8.91. The standard InChI is InChI=1S/C20H21ClN4OS/c1-13-17-4-3-16(9-14(17)7-8-24(13)2)25-11-15(23-12-25)10-22-20(26)18-5-6-19(21)27-18/h3-6,9,11-13H,7-8,10H2,1-2H3,(H,22,26). The van der Waals surface area contributed by atoms with E-state index < -0.39 is 0 Å². The van der Waals surface area contributed by atoms with Crippen molar-refractivity contribution < 1.29 is 4.79 Å². The summed E-state index contributed by atoms with van der Waals surface area (Å²) in [6.07, 6.45) is 4.82. The summed E-state index contributed by atoms with van der Waals surface area (Å²) in [5, 5.41) is 2.89. The molecule has 27 heavy (non-hydrogen) atoms. The molecule has 1 atom stereocenters. The molecule has 0 radical (unpaired) electrons. The van der Waals surface area contributed by atoms with Crippen LogP contribution in [-0.2, 0) is 13.0 Å². The summed E-state index contributed by atoms with van der Waals surface area (Å²) < 4.78 is 2.62. The molecule has 4 rings (SSSR count). The molecule has 0 spiro atoms. The van der Waals surface area contributed by atoms with Crippen LogP contribution in [0.2, 0.25) is 4.34 Å². The second-order valence-electron chi connectivity index (χ2n) is 6.85.